The van der Waals surface area contributed by atoms with Gasteiger partial charge >= 0.3 is 6.18 Å². The number of hydrogen-bond acceptors (Lipinski definition) is 3. The first kappa shape index (κ1) is 20.0. The van der Waals surface area contributed by atoms with Gasteiger partial charge in [0.1, 0.15) is 5.54 Å². The van der Waals surface area contributed by atoms with Crippen molar-refractivity contribution in [2.45, 2.75) is 45.5 Å². The van der Waals surface area contributed by atoms with Crippen LogP contribution in [0.5, 0.6) is 0 Å². The van der Waals surface area contributed by atoms with E-state index < -0.39 is 23.3 Å². The number of nitrogens with one attached hydrogen (secondary N) is 2. The van der Waals surface area contributed by atoms with Crippen molar-refractivity contribution in [3.05, 3.63) is 35.4 Å². The minimum atomic E-state index is -4.40. The zero-order chi connectivity index (χ0) is 18.5. The summed E-state index contributed by atoms with van der Waals surface area (Å²) in [5.74, 6) is -0.459. The second kappa shape index (κ2) is 7.67. The minimum Gasteiger partial charge on any atom is -0.337 e. The van der Waals surface area contributed by atoms with Crippen LogP contribution in [0.2, 0.25) is 0 Å². The second-order valence-electron chi connectivity index (χ2n) is 6.24. The molecule has 1 aromatic carbocycles. The maximum Gasteiger partial charge on any atom is 0.416 e. The zero-order valence-electron chi connectivity index (χ0n) is 14.2. The fourth-order valence-corrected chi connectivity index (χ4v) is 1.98. The predicted molar refractivity (Wildman–Crippen MR) is 84.9 cm³/mol. The molecular formula is C17H22F3N3O. The summed E-state index contributed by atoms with van der Waals surface area (Å²) in [5.41, 5.74) is -1.28. The molecule has 4 nitrogen and oxygen atoms in total. The van der Waals surface area contributed by atoms with E-state index in [0.717, 1.165) is 12.1 Å². The summed E-state index contributed by atoms with van der Waals surface area (Å²) in [7, 11) is 0. The van der Waals surface area contributed by atoms with Gasteiger partial charge in [-0.2, -0.15) is 18.4 Å². The van der Waals surface area contributed by atoms with Crippen molar-refractivity contribution in [2.24, 2.45) is 5.92 Å². The van der Waals surface area contributed by atoms with Crippen LogP contribution < -0.4 is 10.6 Å². The van der Waals surface area contributed by atoms with Gasteiger partial charge in [0, 0.05) is 6.04 Å². The first-order chi connectivity index (χ1) is 11.0. The van der Waals surface area contributed by atoms with Gasteiger partial charge in [-0.25, -0.2) is 0 Å². The second-order valence-corrected chi connectivity index (χ2v) is 6.24. The molecule has 0 aliphatic heterocycles. The van der Waals surface area contributed by atoms with Gasteiger partial charge in [-0.15, -0.1) is 0 Å². The third kappa shape index (κ3) is 5.24. The molecule has 0 radical (unpaired) electrons. The molecule has 132 valence electrons. The maximum absolute atomic E-state index is 12.7. The highest BCUT2D eigenvalue weighted by molar-refractivity contribution is 5.79. The fraction of sp³-hybridized carbons (Fsp3) is 0.529. The van der Waals surface area contributed by atoms with Gasteiger partial charge in [0.2, 0.25) is 5.91 Å². The van der Waals surface area contributed by atoms with Gasteiger partial charge in [0.15, 0.2) is 0 Å². The van der Waals surface area contributed by atoms with E-state index in [4.69, 9.17) is 0 Å². The Morgan fingerprint density at radius 2 is 1.92 bits per heavy atom. The Morgan fingerprint density at radius 3 is 2.42 bits per heavy atom. The Bertz CT molecular complexity index is 622. The molecule has 0 saturated carbocycles. The average molecular weight is 341 g/mol. The number of alkyl halides is 3. The van der Waals surface area contributed by atoms with E-state index >= 15 is 0 Å². The lowest BCUT2D eigenvalue weighted by Gasteiger charge is -2.27. The molecule has 7 heteroatoms. The van der Waals surface area contributed by atoms with E-state index in [1.807, 2.05) is 13.8 Å². The van der Waals surface area contributed by atoms with Gasteiger partial charge in [0.25, 0.3) is 0 Å². The summed E-state index contributed by atoms with van der Waals surface area (Å²) in [6.45, 7) is 6.85. The third-order valence-corrected chi connectivity index (χ3v) is 4.07. The van der Waals surface area contributed by atoms with Crippen LogP contribution in [0, 0.1) is 17.2 Å². The Labute approximate surface area is 140 Å². The number of halogens is 3. The van der Waals surface area contributed by atoms with E-state index in [1.165, 1.54) is 6.07 Å². The highest BCUT2D eigenvalue weighted by Crippen LogP contribution is 2.30. The largest absolute Gasteiger partial charge is 0.416 e. The van der Waals surface area contributed by atoms with Gasteiger partial charge in [-0.05, 0) is 37.5 Å². The molecule has 0 aliphatic rings. The lowest BCUT2D eigenvalue weighted by Crippen LogP contribution is -2.51. The third-order valence-electron chi connectivity index (χ3n) is 4.07. The maximum atomic E-state index is 12.7. The van der Waals surface area contributed by atoms with Crippen molar-refractivity contribution >= 4 is 5.91 Å². The molecule has 0 aromatic heterocycles. The van der Waals surface area contributed by atoms with Gasteiger partial charge in [-0.3, -0.25) is 4.79 Å². The van der Waals surface area contributed by atoms with E-state index in [2.05, 4.69) is 16.7 Å². The monoisotopic (exact) mass is 341 g/mol. The molecule has 0 aliphatic carbocycles. The van der Waals surface area contributed by atoms with Crippen LogP contribution in [0.4, 0.5) is 13.2 Å². The number of rotatable bonds is 6. The number of benzene rings is 1. The molecule has 0 spiro atoms. The first-order valence-electron chi connectivity index (χ1n) is 7.62. The average Bonchev–Trinajstić information content (AvgIpc) is 2.51. The van der Waals surface area contributed by atoms with Gasteiger partial charge in [-0.1, -0.05) is 26.0 Å². The van der Waals surface area contributed by atoms with E-state index in [9.17, 15) is 23.2 Å². The molecule has 2 atom stereocenters. The molecule has 1 amide bonds. The SMILES string of the molecule is CC(C)[C@](C)(C#N)NC(=O)CN[C@H](C)c1cccc(C(F)(F)F)c1. The van der Waals surface area contributed by atoms with Crippen LogP contribution in [-0.2, 0) is 11.0 Å². The molecule has 0 bridgehead atoms. The number of nitrogens with zero attached hydrogens (tertiary/aromatic N) is 1. The van der Waals surface area contributed by atoms with Crippen molar-refractivity contribution < 1.29 is 18.0 Å². The van der Waals surface area contributed by atoms with Crippen LogP contribution in [0.3, 0.4) is 0 Å². The summed E-state index contributed by atoms with van der Waals surface area (Å²) in [6, 6.07) is 6.59. The first-order valence-corrected chi connectivity index (χ1v) is 7.62. The number of carbonyl (C=O) groups excluding carboxylic acids is 1. The molecule has 0 fully saturated rings. The molecule has 0 unspecified atom stereocenters. The molecular weight excluding hydrogens is 319 g/mol. The summed E-state index contributed by atoms with van der Waals surface area (Å²) >= 11 is 0. The molecule has 0 saturated heterocycles. The number of nitriles is 1. The highest BCUT2D eigenvalue weighted by atomic mass is 19.4. The summed E-state index contributed by atoms with van der Waals surface area (Å²) in [5, 5.41) is 14.7. The Balaban J connectivity index is 2.68. The van der Waals surface area contributed by atoms with Crippen molar-refractivity contribution in [1.29, 1.82) is 5.26 Å². The lowest BCUT2D eigenvalue weighted by atomic mass is 9.90. The molecule has 24 heavy (non-hydrogen) atoms. The number of amides is 1. The summed E-state index contributed by atoms with van der Waals surface area (Å²) < 4.78 is 38.2. The van der Waals surface area contributed by atoms with Crippen LogP contribution in [0.25, 0.3) is 0 Å². The van der Waals surface area contributed by atoms with Crippen molar-refractivity contribution in [3.8, 4) is 6.07 Å². The fourth-order valence-electron chi connectivity index (χ4n) is 1.98. The number of hydrogen-bond donors (Lipinski definition) is 2. The Morgan fingerprint density at radius 1 is 1.29 bits per heavy atom. The zero-order valence-corrected chi connectivity index (χ0v) is 14.2. The summed E-state index contributed by atoms with van der Waals surface area (Å²) in [4.78, 5) is 12.0. The van der Waals surface area contributed by atoms with Crippen molar-refractivity contribution in [3.63, 3.8) is 0 Å². The van der Waals surface area contributed by atoms with E-state index in [-0.39, 0.29) is 18.4 Å². The Hall–Kier alpha value is -2.07. The van der Waals surface area contributed by atoms with Crippen LogP contribution in [0.1, 0.15) is 44.9 Å². The molecule has 2 N–H and O–H groups in total. The van der Waals surface area contributed by atoms with Gasteiger partial charge < -0.3 is 10.6 Å². The van der Waals surface area contributed by atoms with Crippen LogP contribution in [-0.4, -0.2) is 18.0 Å². The molecule has 0 heterocycles. The van der Waals surface area contributed by atoms with Crippen molar-refractivity contribution in [1.82, 2.24) is 10.6 Å². The van der Waals surface area contributed by atoms with Crippen molar-refractivity contribution in [2.75, 3.05) is 6.54 Å². The topological polar surface area (TPSA) is 64.9 Å². The molecule has 1 aromatic rings. The summed E-state index contributed by atoms with van der Waals surface area (Å²) in [6.07, 6.45) is -4.40. The number of carbonyl (C=O) groups is 1. The smallest absolute Gasteiger partial charge is 0.337 e. The quantitative estimate of drug-likeness (QED) is 0.833. The van der Waals surface area contributed by atoms with Gasteiger partial charge in [0.05, 0.1) is 18.2 Å². The van der Waals surface area contributed by atoms with E-state index in [1.54, 1.807) is 19.9 Å². The predicted octanol–water partition coefficient (Wildman–Crippen LogP) is 3.41. The highest BCUT2D eigenvalue weighted by Gasteiger charge is 2.31. The Kier molecular flexibility index (Phi) is 6.38. The van der Waals surface area contributed by atoms with E-state index in [0.29, 0.717) is 5.56 Å². The standard InChI is InChI=1S/C17H22F3N3O/c1-11(2)16(4,10-21)23-15(24)9-22-12(3)13-6-5-7-14(8-13)17(18,19)20/h5-8,11-12,22H,9H2,1-4H3,(H,23,24)/t12-,16+/m1/s1. The molecule has 1 rings (SSSR count). The minimum absolute atomic E-state index is 0.0765. The van der Waals surface area contributed by atoms with Crippen LogP contribution in [0.15, 0.2) is 24.3 Å². The lowest BCUT2D eigenvalue weighted by molar-refractivity contribution is -0.137. The van der Waals surface area contributed by atoms with Crippen LogP contribution >= 0.6 is 0 Å². The normalized spacial score (nSPS) is 15.5.